The number of rotatable bonds is 6. The van der Waals surface area contributed by atoms with E-state index in [1.54, 1.807) is 6.07 Å². The maximum atomic E-state index is 10.4. The number of nitrogens with zero attached hydrogens (tertiary/aromatic N) is 2. The summed E-state index contributed by atoms with van der Waals surface area (Å²) in [5, 5.41) is 13.4. The van der Waals surface area contributed by atoms with Gasteiger partial charge in [-0.2, -0.15) is 0 Å². The Balaban J connectivity index is 2.33. The van der Waals surface area contributed by atoms with Crippen LogP contribution in [0.2, 0.25) is 0 Å². The highest BCUT2D eigenvalue weighted by Gasteiger charge is 2.04. The van der Waals surface area contributed by atoms with Crippen LogP contribution in [0.4, 0.5) is 11.5 Å². The summed E-state index contributed by atoms with van der Waals surface area (Å²) >= 11 is 0. The Morgan fingerprint density at radius 2 is 2.31 bits per heavy atom. The molecule has 0 fully saturated rings. The minimum absolute atomic E-state index is 0.00196. The second kappa shape index (κ2) is 6.40. The molecule has 0 amide bonds. The molecule has 1 heterocycles. The lowest BCUT2D eigenvalue weighted by atomic mass is 10.2. The van der Waals surface area contributed by atoms with Crippen molar-refractivity contribution in [3.8, 4) is 12.3 Å². The fourth-order valence-electron chi connectivity index (χ4n) is 1.17. The monoisotopic (exact) mass is 219 g/mol. The molecule has 84 valence electrons. The van der Waals surface area contributed by atoms with Crippen LogP contribution < -0.4 is 5.32 Å². The summed E-state index contributed by atoms with van der Waals surface area (Å²) in [7, 11) is 0. The van der Waals surface area contributed by atoms with Gasteiger partial charge in [0.15, 0.2) is 0 Å². The highest BCUT2D eigenvalue weighted by molar-refractivity contribution is 5.39. The van der Waals surface area contributed by atoms with E-state index >= 15 is 0 Å². The third-order valence-electron chi connectivity index (χ3n) is 2.01. The predicted octanol–water partition coefficient (Wildman–Crippen LogP) is 2.21. The van der Waals surface area contributed by atoms with E-state index in [0.717, 1.165) is 25.8 Å². The molecule has 0 aliphatic carbocycles. The van der Waals surface area contributed by atoms with Crippen LogP contribution in [0.15, 0.2) is 18.3 Å². The molecule has 1 N–H and O–H groups in total. The summed E-state index contributed by atoms with van der Waals surface area (Å²) in [6.07, 6.45) is 9.06. The van der Waals surface area contributed by atoms with Gasteiger partial charge in [0, 0.05) is 19.0 Å². The molecule has 0 saturated heterocycles. The number of nitro groups is 1. The van der Waals surface area contributed by atoms with Crippen molar-refractivity contribution < 1.29 is 4.92 Å². The van der Waals surface area contributed by atoms with Gasteiger partial charge in [-0.15, -0.1) is 12.3 Å². The molecular weight excluding hydrogens is 206 g/mol. The highest BCUT2D eigenvalue weighted by atomic mass is 16.6. The normalized spacial score (nSPS) is 9.44. The van der Waals surface area contributed by atoms with Crippen LogP contribution in [0.25, 0.3) is 0 Å². The van der Waals surface area contributed by atoms with Crippen LogP contribution in [0.3, 0.4) is 0 Å². The van der Waals surface area contributed by atoms with Crippen LogP contribution in [-0.4, -0.2) is 16.5 Å². The molecule has 1 rings (SSSR count). The zero-order valence-electron chi connectivity index (χ0n) is 8.85. The Labute approximate surface area is 94.0 Å². The third-order valence-corrected chi connectivity index (χ3v) is 2.01. The van der Waals surface area contributed by atoms with Crippen LogP contribution in [-0.2, 0) is 0 Å². The molecule has 0 bridgehead atoms. The molecule has 0 saturated carbocycles. The van der Waals surface area contributed by atoms with Crippen LogP contribution >= 0.6 is 0 Å². The molecule has 0 aliphatic rings. The molecule has 1 aromatic rings. The smallest absolute Gasteiger partial charge is 0.287 e. The van der Waals surface area contributed by atoms with E-state index in [9.17, 15) is 10.1 Å². The topological polar surface area (TPSA) is 68.1 Å². The number of aromatic nitrogens is 1. The number of hydrogen-bond acceptors (Lipinski definition) is 4. The van der Waals surface area contributed by atoms with Crippen molar-refractivity contribution in [2.24, 2.45) is 0 Å². The fourth-order valence-corrected chi connectivity index (χ4v) is 1.17. The summed E-state index contributed by atoms with van der Waals surface area (Å²) in [6, 6.07) is 3.02. The van der Waals surface area contributed by atoms with E-state index in [0.29, 0.717) is 5.82 Å². The largest absolute Gasteiger partial charge is 0.370 e. The molecule has 5 heteroatoms. The van der Waals surface area contributed by atoms with Crippen molar-refractivity contribution >= 4 is 11.5 Å². The average Bonchev–Trinajstić information content (AvgIpc) is 2.29. The van der Waals surface area contributed by atoms with Crippen LogP contribution in [0.5, 0.6) is 0 Å². The molecule has 0 aliphatic heterocycles. The van der Waals surface area contributed by atoms with Gasteiger partial charge < -0.3 is 5.32 Å². The van der Waals surface area contributed by atoms with Gasteiger partial charge in [-0.05, 0) is 18.9 Å². The molecular formula is C11H13N3O2. The SMILES string of the molecule is C#CCCCCNc1ccc([N+](=O)[O-])cn1. The molecule has 0 aromatic carbocycles. The molecule has 1 aromatic heterocycles. The molecule has 16 heavy (non-hydrogen) atoms. The maximum Gasteiger partial charge on any atom is 0.287 e. The van der Waals surface area contributed by atoms with Crippen molar-refractivity contribution in [2.45, 2.75) is 19.3 Å². The minimum Gasteiger partial charge on any atom is -0.370 e. The van der Waals surface area contributed by atoms with Gasteiger partial charge in [-0.1, -0.05) is 0 Å². The molecule has 0 atom stereocenters. The first-order valence-electron chi connectivity index (χ1n) is 5.02. The number of pyridine rings is 1. The maximum absolute atomic E-state index is 10.4. The van der Waals surface area contributed by atoms with Crippen molar-refractivity contribution in [1.29, 1.82) is 0 Å². The lowest BCUT2D eigenvalue weighted by Crippen LogP contribution is -2.03. The quantitative estimate of drug-likeness (QED) is 0.344. The van der Waals surface area contributed by atoms with E-state index in [-0.39, 0.29) is 5.69 Å². The van der Waals surface area contributed by atoms with E-state index in [2.05, 4.69) is 16.2 Å². The lowest BCUT2D eigenvalue weighted by Gasteiger charge is -2.03. The van der Waals surface area contributed by atoms with E-state index in [4.69, 9.17) is 6.42 Å². The lowest BCUT2D eigenvalue weighted by molar-refractivity contribution is -0.385. The molecule has 0 unspecified atom stereocenters. The van der Waals surface area contributed by atoms with Gasteiger partial charge >= 0.3 is 0 Å². The summed E-state index contributed by atoms with van der Waals surface area (Å²) in [6.45, 7) is 0.770. The first-order chi connectivity index (χ1) is 7.74. The molecule has 0 radical (unpaired) electrons. The number of nitrogens with one attached hydrogen (secondary N) is 1. The van der Waals surface area contributed by atoms with Gasteiger partial charge in [0.25, 0.3) is 5.69 Å². The highest BCUT2D eigenvalue weighted by Crippen LogP contribution is 2.11. The van der Waals surface area contributed by atoms with E-state index in [1.807, 2.05) is 0 Å². The fraction of sp³-hybridized carbons (Fsp3) is 0.364. The second-order valence-electron chi connectivity index (χ2n) is 3.25. The Bertz CT molecular complexity index is 381. The Hall–Kier alpha value is -2.09. The molecule has 5 nitrogen and oxygen atoms in total. The predicted molar refractivity (Wildman–Crippen MR) is 62.1 cm³/mol. The summed E-state index contributed by atoms with van der Waals surface area (Å²) in [5.41, 5.74) is -0.00196. The summed E-state index contributed by atoms with van der Waals surface area (Å²) in [4.78, 5) is 13.8. The van der Waals surface area contributed by atoms with Gasteiger partial charge in [0.05, 0.1) is 4.92 Å². The summed E-state index contributed by atoms with van der Waals surface area (Å²) < 4.78 is 0. The first kappa shape index (κ1) is 12.0. The third kappa shape index (κ3) is 3.96. The average molecular weight is 219 g/mol. The van der Waals surface area contributed by atoms with E-state index < -0.39 is 4.92 Å². The Morgan fingerprint density at radius 3 is 2.88 bits per heavy atom. The minimum atomic E-state index is -0.469. The van der Waals surface area contributed by atoms with Crippen molar-refractivity contribution in [3.05, 3.63) is 28.4 Å². The first-order valence-corrected chi connectivity index (χ1v) is 5.02. The standard InChI is InChI=1S/C11H13N3O2/c1-2-3-4-5-8-12-11-7-6-10(9-13-11)14(15)16/h1,6-7,9H,3-5,8H2,(H,12,13). The van der Waals surface area contributed by atoms with Crippen molar-refractivity contribution in [1.82, 2.24) is 4.98 Å². The van der Waals surface area contributed by atoms with Crippen LogP contribution in [0.1, 0.15) is 19.3 Å². The number of unbranched alkanes of at least 4 members (excludes halogenated alkanes) is 2. The second-order valence-corrected chi connectivity index (χ2v) is 3.25. The zero-order chi connectivity index (χ0) is 11.8. The van der Waals surface area contributed by atoms with Crippen molar-refractivity contribution in [2.75, 3.05) is 11.9 Å². The van der Waals surface area contributed by atoms with Crippen molar-refractivity contribution in [3.63, 3.8) is 0 Å². The molecule has 0 spiro atoms. The number of hydrogen-bond donors (Lipinski definition) is 1. The Kier molecular flexibility index (Phi) is 4.80. The van der Waals surface area contributed by atoms with Gasteiger partial charge in [-0.25, -0.2) is 4.98 Å². The van der Waals surface area contributed by atoms with Gasteiger partial charge in [0.1, 0.15) is 12.0 Å². The number of anilines is 1. The zero-order valence-corrected chi connectivity index (χ0v) is 8.85. The number of terminal acetylenes is 1. The van der Waals surface area contributed by atoms with Gasteiger partial charge in [0.2, 0.25) is 0 Å². The summed E-state index contributed by atoms with van der Waals surface area (Å²) in [5.74, 6) is 3.21. The van der Waals surface area contributed by atoms with Gasteiger partial charge in [-0.3, -0.25) is 10.1 Å². The Morgan fingerprint density at radius 1 is 1.50 bits per heavy atom. The van der Waals surface area contributed by atoms with E-state index in [1.165, 1.54) is 12.3 Å². The van der Waals surface area contributed by atoms with Crippen LogP contribution in [0, 0.1) is 22.5 Å².